The molecular weight excluding hydrogens is 296 g/mol. The third-order valence-electron chi connectivity index (χ3n) is 3.27. The number of morpholine rings is 1. The molecular formula is C14H19ClN2O4. The monoisotopic (exact) mass is 314 g/mol. The van der Waals surface area contributed by atoms with Crippen LogP contribution >= 0.6 is 11.6 Å². The molecule has 21 heavy (non-hydrogen) atoms. The van der Waals surface area contributed by atoms with Crippen molar-refractivity contribution in [2.75, 3.05) is 52.4 Å². The van der Waals surface area contributed by atoms with E-state index in [1.807, 2.05) is 0 Å². The first-order chi connectivity index (χ1) is 10.2. The standard InChI is InChI=1S/C14H19ClN2O4/c1-19-12-8-13(20-2)11(7-10(12)15)16-9-14(18)17-3-5-21-6-4-17/h7-8,16H,3-6,9H2,1-2H3. The highest BCUT2D eigenvalue weighted by atomic mass is 35.5. The van der Waals surface area contributed by atoms with Crippen molar-refractivity contribution in [3.05, 3.63) is 17.2 Å². The van der Waals surface area contributed by atoms with Crippen LogP contribution < -0.4 is 14.8 Å². The van der Waals surface area contributed by atoms with Gasteiger partial charge in [0, 0.05) is 19.2 Å². The highest BCUT2D eigenvalue weighted by molar-refractivity contribution is 6.32. The Kier molecular flexibility index (Phi) is 5.52. The molecule has 1 amide bonds. The van der Waals surface area contributed by atoms with Crippen LogP contribution in [0.15, 0.2) is 12.1 Å². The molecule has 1 aromatic carbocycles. The molecule has 1 fully saturated rings. The van der Waals surface area contributed by atoms with E-state index in [1.54, 1.807) is 24.1 Å². The van der Waals surface area contributed by atoms with Gasteiger partial charge in [-0.05, 0) is 6.07 Å². The zero-order valence-electron chi connectivity index (χ0n) is 12.1. The lowest BCUT2D eigenvalue weighted by atomic mass is 10.2. The van der Waals surface area contributed by atoms with Crippen molar-refractivity contribution in [2.45, 2.75) is 0 Å². The van der Waals surface area contributed by atoms with E-state index in [-0.39, 0.29) is 12.5 Å². The highest BCUT2D eigenvalue weighted by Gasteiger charge is 2.17. The topological polar surface area (TPSA) is 60.0 Å². The van der Waals surface area contributed by atoms with Gasteiger partial charge in [-0.2, -0.15) is 0 Å². The summed E-state index contributed by atoms with van der Waals surface area (Å²) >= 11 is 6.09. The highest BCUT2D eigenvalue weighted by Crippen LogP contribution is 2.35. The van der Waals surface area contributed by atoms with Crippen molar-refractivity contribution in [3.8, 4) is 11.5 Å². The SMILES string of the molecule is COc1cc(OC)c(NCC(=O)N2CCOCC2)cc1Cl. The van der Waals surface area contributed by atoms with E-state index < -0.39 is 0 Å². The Morgan fingerprint density at radius 2 is 1.95 bits per heavy atom. The number of ether oxygens (including phenoxy) is 3. The van der Waals surface area contributed by atoms with Crippen LogP contribution in [0.4, 0.5) is 5.69 Å². The van der Waals surface area contributed by atoms with Crippen LogP contribution in [-0.4, -0.2) is 57.9 Å². The molecule has 0 bridgehead atoms. The summed E-state index contributed by atoms with van der Waals surface area (Å²) in [5.74, 6) is 1.12. The number of rotatable bonds is 5. The van der Waals surface area contributed by atoms with Gasteiger partial charge in [0.05, 0.1) is 44.7 Å². The van der Waals surface area contributed by atoms with E-state index in [9.17, 15) is 4.79 Å². The molecule has 0 unspecified atom stereocenters. The zero-order valence-corrected chi connectivity index (χ0v) is 12.9. The predicted molar refractivity (Wildman–Crippen MR) is 80.4 cm³/mol. The summed E-state index contributed by atoms with van der Waals surface area (Å²) in [4.78, 5) is 13.9. The van der Waals surface area contributed by atoms with Crippen molar-refractivity contribution < 1.29 is 19.0 Å². The van der Waals surface area contributed by atoms with Crippen molar-refractivity contribution in [1.82, 2.24) is 4.90 Å². The molecule has 1 heterocycles. The molecule has 1 aliphatic rings. The van der Waals surface area contributed by atoms with Gasteiger partial charge in [-0.15, -0.1) is 0 Å². The van der Waals surface area contributed by atoms with Crippen molar-refractivity contribution in [2.24, 2.45) is 0 Å². The molecule has 6 nitrogen and oxygen atoms in total. The molecule has 0 aromatic heterocycles. The molecule has 0 spiro atoms. The first kappa shape index (κ1) is 15.7. The summed E-state index contributed by atoms with van der Waals surface area (Å²) < 4.78 is 15.6. The molecule has 1 N–H and O–H groups in total. The Balaban J connectivity index is 2.01. The van der Waals surface area contributed by atoms with Gasteiger partial charge in [0.25, 0.3) is 0 Å². The molecule has 1 saturated heterocycles. The van der Waals surface area contributed by atoms with Gasteiger partial charge < -0.3 is 24.4 Å². The summed E-state index contributed by atoms with van der Waals surface area (Å²) in [5, 5.41) is 3.51. The third kappa shape index (κ3) is 3.92. The summed E-state index contributed by atoms with van der Waals surface area (Å²) in [6.07, 6.45) is 0. The number of methoxy groups -OCH3 is 2. The van der Waals surface area contributed by atoms with Gasteiger partial charge in [0.15, 0.2) is 0 Å². The minimum absolute atomic E-state index is 0.0206. The van der Waals surface area contributed by atoms with Crippen LogP contribution in [0, 0.1) is 0 Å². The number of nitrogens with one attached hydrogen (secondary N) is 1. The van der Waals surface area contributed by atoms with E-state index in [2.05, 4.69) is 5.32 Å². The zero-order chi connectivity index (χ0) is 15.2. The number of anilines is 1. The number of carbonyl (C=O) groups is 1. The number of nitrogens with zero attached hydrogens (tertiary/aromatic N) is 1. The summed E-state index contributed by atoms with van der Waals surface area (Å²) in [7, 11) is 3.09. The fourth-order valence-electron chi connectivity index (χ4n) is 2.09. The summed E-state index contributed by atoms with van der Waals surface area (Å²) in [6, 6.07) is 3.37. The maximum absolute atomic E-state index is 12.1. The van der Waals surface area contributed by atoms with Crippen LogP contribution in [0.25, 0.3) is 0 Å². The average molecular weight is 315 g/mol. The Hall–Kier alpha value is -1.66. The molecule has 0 saturated carbocycles. The van der Waals surface area contributed by atoms with Gasteiger partial charge in [0.1, 0.15) is 11.5 Å². The molecule has 116 valence electrons. The van der Waals surface area contributed by atoms with Gasteiger partial charge in [0.2, 0.25) is 5.91 Å². The molecule has 2 rings (SSSR count). The lowest BCUT2D eigenvalue weighted by Crippen LogP contribution is -2.43. The first-order valence-electron chi connectivity index (χ1n) is 6.66. The van der Waals surface area contributed by atoms with Crippen molar-refractivity contribution in [1.29, 1.82) is 0 Å². The second-order valence-corrected chi connectivity index (χ2v) is 4.94. The maximum atomic E-state index is 12.1. The molecule has 7 heteroatoms. The number of hydrogen-bond donors (Lipinski definition) is 1. The maximum Gasteiger partial charge on any atom is 0.242 e. The Labute approximate surface area is 128 Å². The van der Waals surface area contributed by atoms with Crippen molar-refractivity contribution in [3.63, 3.8) is 0 Å². The molecule has 1 aromatic rings. The third-order valence-corrected chi connectivity index (χ3v) is 3.56. The number of hydrogen-bond acceptors (Lipinski definition) is 5. The average Bonchev–Trinajstić information content (AvgIpc) is 2.53. The summed E-state index contributed by atoms with van der Waals surface area (Å²) in [5.41, 5.74) is 0.657. The second-order valence-electron chi connectivity index (χ2n) is 4.53. The fraction of sp³-hybridized carbons (Fsp3) is 0.500. The van der Waals surface area contributed by atoms with Gasteiger partial charge in [-0.3, -0.25) is 4.79 Å². The van der Waals surface area contributed by atoms with E-state index in [1.165, 1.54) is 7.11 Å². The van der Waals surface area contributed by atoms with Crippen LogP contribution in [0.5, 0.6) is 11.5 Å². The quantitative estimate of drug-likeness (QED) is 0.895. The molecule has 1 aliphatic heterocycles. The molecule has 0 aliphatic carbocycles. The van der Waals surface area contributed by atoms with Gasteiger partial charge in [-0.1, -0.05) is 11.6 Å². The number of halogens is 1. The number of carbonyl (C=O) groups excluding carboxylic acids is 1. The minimum atomic E-state index is 0.0206. The fourth-order valence-corrected chi connectivity index (χ4v) is 2.33. The molecule has 0 atom stereocenters. The van der Waals surface area contributed by atoms with E-state index in [0.717, 1.165) is 0 Å². The lowest BCUT2D eigenvalue weighted by Gasteiger charge is -2.27. The summed E-state index contributed by atoms with van der Waals surface area (Å²) in [6.45, 7) is 2.61. The minimum Gasteiger partial charge on any atom is -0.495 e. The number of amides is 1. The predicted octanol–water partition coefficient (Wildman–Crippen LogP) is 1.63. The number of benzene rings is 1. The van der Waals surface area contributed by atoms with E-state index in [4.69, 9.17) is 25.8 Å². The van der Waals surface area contributed by atoms with E-state index in [0.29, 0.717) is 48.5 Å². The van der Waals surface area contributed by atoms with Crippen LogP contribution in [0.3, 0.4) is 0 Å². The molecule has 0 radical (unpaired) electrons. The largest absolute Gasteiger partial charge is 0.495 e. The Bertz CT molecular complexity index is 504. The van der Waals surface area contributed by atoms with Crippen LogP contribution in [0.1, 0.15) is 0 Å². The smallest absolute Gasteiger partial charge is 0.242 e. The van der Waals surface area contributed by atoms with Crippen LogP contribution in [0.2, 0.25) is 5.02 Å². The van der Waals surface area contributed by atoms with Gasteiger partial charge >= 0.3 is 0 Å². The first-order valence-corrected chi connectivity index (χ1v) is 7.04. The Morgan fingerprint density at radius 1 is 1.29 bits per heavy atom. The van der Waals surface area contributed by atoms with Crippen LogP contribution in [-0.2, 0) is 9.53 Å². The van der Waals surface area contributed by atoms with E-state index >= 15 is 0 Å². The lowest BCUT2D eigenvalue weighted by molar-refractivity contribution is -0.133. The second kappa shape index (κ2) is 7.38. The van der Waals surface area contributed by atoms with Gasteiger partial charge in [-0.25, -0.2) is 0 Å². The normalized spacial score (nSPS) is 14.7. The Morgan fingerprint density at radius 3 is 2.57 bits per heavy atom. The van der Waals surface area contributed by atoms with Crippen molar-refractivity contribution >= 4 is 23.2 Å².